The van der Waals surface area contributed by atoms with E-state index in [9.17, 15) is 0 Å². The van der Waals surface area contributed by atoms with Crippen LogP contribution in [0.2, 0.25) is 0 Å². The molecule has 4 aliphatic heterocycles. The van der Waals surface area contributed by atoms with Crippen LogP contribution in [0.25, 0.3) is 44.5 Å². The number of hydrogen-bond donors (Lipinski definition) is 0. The molecule has 0 aliphatic carbocycles. The maximum atomic E-state index is 2.64. The maximum absolute atomic E-state index is 2.64. The zero-order valence-corrected chi connectivity index (χ0v) is 38.8. The van der Waals surface area contributed by atoms with Gasteiger partial charge in [-0.15, -0.1) is 0 Å². The molecule has 5 heteroatoms. The molecule has 0 bridgehead atoms. The van der Waals surface area contributed by atoms with Crippen LogP contribution in [0.1, 0.15) is 0 Å². The van der Waals surface area contributed by atoms with Crippen LogP contribution >= 0.6 is 0 Å². The highest BCUT2D eigenvalue weighted by molar-refractivity contribution is 7.04. The van der Waals surface area contributed by atoms with Gasteiger partial charge in [0.15, 0.2) is 0 Å². The van der Waals surface area contributed by atoms with Gasteiger partial charge >= 0.3 is 0 Å². The van der Waals surface area contributed by atoms with Crippen molar-refractivity contribution >= 4 is 97.4 Å². The number of benzene rings is 11. The highest BCUT2D eigenvalue weighted by atomic mass is 15.2. The fraction of sp³-hybridized carbons (Fsp3) is 0. The lowest BCUT2D eigenvalue weighted by molar-refractivity contribution is 1.23. The van der Waals surface area contributed by atoms with Crippen molar-refractivity contribution in [1.29, 1.82) is 0 Å². The summed E-state index contributed by atoms with van der Waals surface area (Å²) in [6.07, 6.45) is 0. The Balaban J connectivity index is 1.14. The van der Waals surface area contributed by atoms with E-state index in [1.165, 1.54) is 117 Å². The molecule has 328 valence electrons. The number of fused-ring (bicyclic) bond motifs is 10. The topological polar surface area (TPSA) is 9.72 Å². The number of rotatable bonds is 6. The summed E-state index contributed by atoms with van der Waals surface area (Å²) in [5.74, 6) is 0. The van der Waals surface area contributed by atoms with Crippen LogP contribution in [0, 0.1) is 0 Å². The Labute approximate surface area is 415 Å². The number of hydrogen-bond acceptors (Lipinski definition) is 3. The first kappa shape index (κ1) is 39.9. The fourth-order valence-corrected chi connectivity index (χ4v) is 12.6. The molecule has 0 spiro atoms. The molecule has 0 saturated heterocycles. The Morgan fingerprint density at radius 2 is 0.465 bits per heavy atom. The maximum Gasteiger partial charge on any atom is 0.252 e. The van der Waals surface area contributed by atoms with Gasteiger partial charge < -0.3 is 14.7 Å². The number of para-hydroxylation sites is 6. The molecule has 15 rings (SSSR count). The van der Waals surface area contributed by atoms with Gasteiger partial charge in [-0.1, -0.05) is 231 Å². The van der Waals surface area contributed by atoms with Gasteiger partial charge in [0.1, 0.15) is 0 Å². The zero-order chi connectivity index (χ0) is 46.6. The molecule has 0 saturated carbocycles. The van der Waals surface area contributed by atoms with Crippen molar-refractivity contribution in [3.8, 4) is 44.5 Å². The van der Waals surface area contributed by atoms with Gasteiger partial charge in [-0.25, -0.2) is 0 Å². The molecule has 0 amide bonds. The standard InChI is InChI=1S/C66H43B2N3/c1-5-23-44(24-6-1)48-31-21-32-49(45-25-7-2-8-26-45)64(48)70-58-41-19-15-37-54(58)67-52-35-13-17-39-56(52)69-57-40-18-14-36-53(57)68-55-38-16-20-42-59(55)71(61-43-60(70)62(67)66(69)63(61)68)65-50(46-27-9-3-10-28-46)33-22-34-51(65)47-29-11-4-12-30-47/h1-43H. The van der Waals surface area contributed by atoms with E-state index in [-0.39, 0.29) is 13.4 Å². The van der Waals surface area contributed by atoms with E-state index in [2.05, 4.69) is 276 Å². The lowest BCUT2D eigenvalue weighted by Gasteiger charge is -2.51. The minimum Gasteiger partial charge on any atom is -0.312 e. The van der Waals surface area contributed by atoms with E-state index in [1.54, 1.807) is 0 Å². The van der Waals surface area contributed by atoms with Gasteiger partial charge in [0, 0.05) is 62.1 Å². The second-order valence-electron chi connectivity index (χ2n) is 19.1. The largest absolute Gasteiger partial charge is 0.312 e. The molecular formula is C66H43B2N3. The van der Waals surface area contributed by atoms with Gasteiger partial charge in [0.2, 0.25) is 0 Å². The summed E-state index contributed by atoms with van der Waals surface area (Å²) >= 11 is 0. The van der Waals surface area contributed by atoms with Crippen molar-refractivity contribution in [2.45, 2.75) is 0 Å². The molecule has 11 aromatic carbocycles. The predicted molar refractivity (Wildman–Crippen MR) is 302 cm³/mol. The zero-order valence-electron chi connectivity index (χ0n) is 38.8. The quantitative estimate of drug-likeness (QED) is 0.154. The van der Waals surface area contributed by atoms with E-state index < -0.39 is 0 Å². The third kappa shape index (κ3) is 5.81. The van der Waals surface area contributed by atoms with Gasteiger partial charge in [-0.3, -0.25) is 0 Å². The van der Waals surface area contributed by atoms with E-state index in [0.29, 0.717) is 0 Å². The first-order chi connectivity index (χ1) is 35.3. The molecule has 0 radical (unpaired) electrons. The molecule has 0 atom stereocenters. The summed E-state index contributed by atoms with van der Waals surface area (Å²) in [7, 11) is 0. The molecular weight excluding hydrogens is 856 g/mol. The number of nitrogens with zero attached hydrogens (tertiary/aromatic N) is 3. The van der Waals surface area contributed by atoms with E-state index in [0.717, 1.165) is 11.4 Å². The van der Waals surface area contributed by atoms with Crippen LogP contribution in [-0.2, 0) is 0 Å². The Bertz CT molecular complexity index is 3550. The second kappa shape index (κ2) is 15.7. The average Bonchev–Trinajstić information content (AvgIpc) is 3.45. The third-order valence-corrected chi connectivity index (χ3v) is 15.4. The van der Waals surface area contributed by atoms with Crippen molar-refractivity contribution in [3.05, 3.63) is 261 Å². The van der Waals surface area contributed by atoms with Gasteiger partial charge in [-0.05, 0) is 85.4 Å². The lowest BCUT2D eigenvalue weighted by atomic mass is 9.29. The van der Waals surface area contributed by atoms with Crippen LogP contribution in [0.15, 0.2) is 261 Å². The molecule has 4 aliphatic rings. The Morgan fingerprint density at radius 1 is 0.211 bits per heavy atom. The monoisotopic (exact) mass is 899 g/mol. The van der Waals surface area contributed by atoms with E-state index in [1.807, 2.05) is 0 Å². The Hall–Kier alpha value is -9.05. The third-order valence-electron chi connectivity index (χ3n) is 15.4. The summed E-state index contributed by atoms with van der Waals surface area (Å²) in [4.78, 5) is 7.92. The summed E-state index contributed by atoms with van der Waals surface area (Å²) in [6.45, 7) is -0.0513. The average molecular weight is 900 g/mol. The highest BCUT2D eigenvalue weighted by Crippen LogP contribution is 2.54. The van der Waals surface area contributed by atoms with E-state index in [4.69, 9.17) is 0 Å². The van der Waals surface area contributed by atoms with Crippen LogP contribution < -0.4 is 47.5 Å². The Morgan fingerprint density at radius 3 is 0.761 bits per heavy atom. The minimum absolute atomic E-state index is 0.0257. The molecule has 0 N–H and O–H groups in total. The highest BCUT2D eigenvalue weighted by Gasteiger charge is 2.52. The van der Waals surface area contributed by atoms with Crippen molar-refractivity contribution in [2.75, 3.05) is 14.7 Å². The molecule has 11 aromatic rings. The normalized spacial score (nSPS) is 13.2. The molecule has 0 unspecified atom stereocenters. The fourth-order valence-electron chi connectivity index (χ4n) is 12.6. The number of anilines is 9. The summed E-state index contributed by atoms with van der Waals surface area (Å²) in [5.41, 5.74) is 28.1. The lowest BCUT2D eigenvalue weighted by Crippen LogP contribution is -2.68. The van der Waals surface area contributed by atoms with Gasteiger partial charge in [-0.2, -0.15) is 0 Å². The SMILES string of the molecule is c1ccc(-c2cccc(-c3ccccc3)c2N2c3ccccc3B3c4ccccc4N4c5ccccc5B5c6ccccc6N(c6c(-c7ccccc7)cccc6-c6ccccc6)c6cc2c3c4c65)cc1. The molecule has 0 aromatic heterocycles. The van der Waals surface area contributed by atoms with E-state index >= 15 is 0 Å². The molecule has 71 heavy (non-hydrogen) atoms. The van der Waals surface area contributed by atoms with Crippen LogP contribution in [0.3, 0.4) is 0 Å². The molecule has 4 heterocycles. The van der Waals surface area contributed by atoms with Crippen molar-refractivity contribution in [3.63, 3.8) is 0 Å². The first-order valence-electron chi connectivity index (χ1n) is 24.8. The van der Waals surface area contributed by atoms with Crippen LogP contribution in [0.5, 0.6) is 0 Å². The predicted octanol–water partition coefficient (Wildman–Crippen LogP) is 13.0. The second-order valence-corrected chi connectivity index (χ2v) is 19.1. The summed E-state index contributed by atoms with van der Waals surface area (Å²) in [5, 5.41) is 0. The minimum atomic E-state index is -0.0257. The summed E-state index contributed by atoms with van der Waals surface area (Å²) in [6, 6.07) is 97.0. The van der Waals surface area contributed by atoms with Crippen molar-refractivity contribution in [1.82, 2.24) is 0 Å². The van der Waals surface area contributed by atoms with Gasteiger partial charge in [0.25, 0.3) is 13.4 Å². The summed E-state index contributed by atoms with van der Waals surface area (Å²) < 4.78 is 0. The molecule has 3 nitrogen and oxygen atoms in total. The van der Waals surface area contributed by atoms with Crippen molar-refractivity contribution in [2.24, 2.45) is 0 Å². The van der Waals surface area contributed by atoms with Crippen LogP contribution in [-0.4, -0.2) is 13.4 Å². The van der Waals surface area contributed by atoms with Crippen molar-refractivity contribution < 1.29 is 0 Å². The smallest absolute Gasteiger partial charge is 0.252 e. The van der Waals surface area contributed by atoms with Crippen LogP contribution in [0.4, 0.5) is 51.2 Å². The van der Waals surface area contributed by atoms with Gasteiger partial charge in [0.05, 0.1) is 11.4 Å². The Kier molecular flexibility index (Phi) is 8.85. The molecule has 0 fully saturated rings. The first-order valence-corrected chi connectivity index (χ1v) is 24.8.